The summed E-state index contributed by atoms with van der Waals surface area (Å²) >= 11 is 5.86. The zero-order valence-corrected chi connectivity index (χ0v) is 15.9. The number of nitrogens with one attached hydrogen (secondary N) is 2. The van der Waals surface area contributed by atoms with E-state index in [1.165, 1.54) is 0 Å². The molecule has 0 aromatic heterocycles. The molecule has 2 aromatic carbocycles. The molecule has 1 aliphatic heterocycles. The Kier molecular flexibility index (Phi) is 5.86. The summed E-state index contributed by atoms with van der Waals surface area (Å²) in [5.74, 6) is 0.569. The minimum Gasteiger partial charge on any atom is -0.454 e. The number of anilines is 1. The number of ether oxygens (including phenoxy) is 2. The lowest BCUT2D eigenvalue weighted by Gasteiger charge is -2.23. The van der Waals surface area contributed by atoms with Crippen molar-refractivity contribution in [2.24, 2.45) is 5.92 Å². The summed E-state index contributed by atoms with van der Waals surface area (Å²) in [6, 6.07) is 11.0. The minimum atomic E-state index is -0.677. The van der Waals surface area contributed by atoms with Gasteiger partial charge >= 0.3 is 0 Å². The van der Waals surface area contributed by atoms with E-state index in [0.29, 0.717) is 27.8 Å². The van der Waals surface area contributed by atoms with Crippen LogP contribution in [0.2, 0.25) is 5.02 Å². The molecule has 3 rings (SSSR count). The van der Waals surface area contributed by atoms with E-state index in [0.717, 1.165) is 6.42 Å². The second-order valence-corrected chi connectivity index (χ2v) is 6.84. The highest BCUT2D eigenvalue weighted by Crippen LogP contribution is 2.34. The first-order valence-corrected chi connectivity index (χ1v) is 9.12. The fourth-order valence-electron chi connectivity index (χ4n) is 2.72. The Morgan fingerprint density at radius 2 is 1.81 bits per heavy atom. The summed E-state index contributed by atoms with van der Waals surface area (Å²) in [6.45, 7) is 4.06. The van der Waals surface area contributed by atoms with E-state index in [1.54, 1.807) is 42.5 Å². The van der Waals surface area contributed by atoms with Crippen molar-refractivity contribution in [1.29, 1.82) is 0 Å². The Labute approximate surface area is 162 Å². The zero-order valence-electron chi connectivity index (χ0n) is 15.1. The predicted molar refractivity (Wildman–Crippen MR) is 103 cm³/mol. The SMILES string of the molecule is CCC(C)C(NC(=O)c1ccc(Cl)cc1)C(=O)Nc1ccc2c(c1)OCO2. The van der Waals surface area contributed by atoms with Gasteiger partial charge in [0, 0.05) is 22.3 Å². The van der Waals surface area contributed by atoms with Crippen molar-refractivity contribution in [3.8, 4) is 11.5 Å². The van der Waals surface area contributed by atoms with Crippen LogP contribution in [-0.4, -0.2) is 24.6 Å². The number of benzene rings is 2. The third-order valence-electron chi connectivity index (χ3n) is 4.53. The fourth-order valence-corrected chi connectivity index (χ4v) is 2.85. The average Bonchev–Trinajstić information content (AvgIpc) is 3.13. The van der Waals surface area contributed by atoms with E-state index < -0.39 is 6.04 Å². The Balaban J connectivity index is 1.72. The highest BCUT2D eigenvalue weighted by molar-refractivity contribution is 6.30. The second-order valence-electron chi connectivity index (χ2n) is 6.40. The standard InChI is InChI=1S/C20H21ClN2O4/c1-3-12(2)18(23-19(24)13-4-6-14(21)7-5-13)20(25)22-15-8-9-16-17(10-15)27-11-26-16/h4-10,12,18H,3,11H2,1-2H3,(H,22,25)(H,23,24). The van der Waals surface area contributed by atoms with Gasteiger partial charge < -0.3 is 20.1 Å². The lowest BCUT2D eigenvalue weighted by atomic mass is 9.97. The number of fused-ring (bicyclic) bond motifs is 1. The van der Waals surface area contributed by atoms with E-state index in [4.69, 9.17) is 21.1 Å². The van der Waals surface area contributed by atoms with Crippen molar-refractivity contribution < 1.29 is 19.1 Å². The molecule has 0 bridgehead atoms. The quantitative estimate of drug-likeness (QED) is 0.788. The highest BCUT2D eigenvalue weighted by Gasteiger charge is 2.27. The van der Waals surface area contributed by atoms with Crippen molar-refractivity contribution in [3.05, 3.63) is 53.1 Å². The van der Waals surface area contributed by atoms with Crippen LogP contribution in [0, 0.1) is 5.92 Å². The number of rotatable bonds is 6. The lowest BCUT2D eigenvalue weighted by Crippen LogP contribution is -2.47. The average molecular weight is 389 g/mol. The number of carbonyl (C=O) groups excluding carboxylic acids is 2. The first kappa shape index (κ1) is 19.0. The lowest BCUT2D eigenvalue weighted by molar-refractivity contribution is -0.119. The molecule has 0 saturated heterocycles. The van der Waals surface area contributed by atoms with Crippen LogP contribution < -0.4 is 20.1 Å². The van der Waals surface area contributed by atoms with Crippen molar-refractivity contribution in [2.75, 3.05) is 12.1 Å². The molecule has 2 amide bonds. The summed E-state index contributed by atoms with van der Waals surface area (Å²) in [7, 11) is 0. The van der Waals surface area contributed by atoms with Crippen LogP contribution in [-0.2, 0) is 4.79 Å². The van der Waals surface area contributed by atoms with Crippen LogP contribution in [0.5, 0.6) is 11.5 Å². The minimum absolute atomic E-state index is 0.0461. The maximum absolute atomic E-state index is 12.8. The van der Waals surface area contributed by atoms with Crippen LogP contribution in [0.3, 0.4) is 0 Å². The third kappa shape index (κ3) is 4.52. The van der Waals surface area contributed by atoms with Gasteiger partial charge in [-0.05, 0) is 42.3 Å². The zero-order chi connectivity index (χ0) is 19.4. The molecule has 0 spiro atoms. The van der Waals surface area contributed by atoms with Crippen LogP contribution in [0.25, 0.3) is 0 Å². The summed E-state index contributed by atoms with van der Waals surface area (Å²) in [4.78, 5) is 25.3. The van der Waals surface area contributed by atoms with Gasteiger partial charge in [0.2, 0.25) is 12.7 Å². The molecule has 2 N–H and O–H groups in total. The smallest absolute Gasteiger partial charge is 0.251 e. The molecule has 142 valence electrons. The van der Waals surface area contributed by atoms with Crippen molar-refractivity contribution in [1.82, 2.24) is 5.32 Å². The van der Waals surface area contributed by atoms with E-state index in [9.17, 15) is 9.59 Å². The van der Waals surface area contributed by atoms with Gasteiger partial charge in [-0.25, -0.2) is 0 Å². The van der Waals surface area contributed by atoms with Gasteiger partial charge in [-0.15, -0.1) is 0 Å². The monoisotopic (exact) mass is 388 g/mol. The number of halogens is 1. The molecule has 0 aliphatic carbocycles. The van der Waals surface area contributed by atoms with Gasteiger partial charge in [-0.3, -0.25) is 9.59 Å². The molecule has 2 unspecified atom stereocenters. The molecule has 1 aliphatic rings. The van der Waals surface area contributed by atoms with Gasteiger partial charge in [0.1, 0.15) is 6.04 Å². The van der Waals surface area contributed by atoms with Crippen LogP contribution >= 0.6 is 11.6 Å². The normalized spacial score (nSPS) is 14.3. The maximum atomic E-state index is 12.8. The second kappa shape index (κ2) is 8.31. The summed E-state index contributed by atoms with van der Waals surface area (Å²) in [6.07, 6.45) is 0.736. The fraction of sp³-hybridized carbons (Fsp3) is 0.300. The van der Waals surface area contributed by atoms with Gasteiger partial charge in [0.25, 0.3) is 5.91 Å². The Hall–Kier alpha value is -2.73. The van der Waals surface area contributed by atoms with E-state index in [1.807, 2.05) is 13.8 Å². The van der Waals surface area contributed by atoms with E-state index in [2.05, 4.69) is 10.6 Å². The first-order valence-electron chi connectivity index (χ1n) is 8.75. The predicted octanol–water partition coefficient (Wildman–Crippen LogP) is 3.85. The Morgan fingerprint density at radius 3 is 2.52 bits per heavy atom. The van der Waals surface area contributed by atoms with Gasteiger partial charge in [0.15, 0.2) is 11.5 Å². The van der Waals surface area contributed by atoms with Crippen LogP contribution in [0.4, 0.5) is 5.69 Å². The van der Waals surface area contributed by atoms with Crippen LogP contribution in [0.15, 0.2) is 42.5 Å². The van der Waals surface area contributed by atoms with E-state index >= 15 is 0 Å². The molecule has 27 heavy (non-hydrogen) atoms. The largest absolute Gasteiger partial charge is 0.454 e. The third-order valence-corrected chi connectivity index (χ3v) is 4.78. The van der Waals surface area contributed by atoms with Crippen molar-refractivity contribution in [2.45, 2.75) is 26.3 Å². The van der Waals surface area contributed by atoms with Gasteiger partial charge in [-0.1, -0.05) is 31.9 Å². The number of amides is 2. The molecule has 2 aromatic rings. The first-order chi connectivity index (χ1) is 13.0. The summed E-state index contributed by atoms with van der Waals surface area (Å²) < 4.78 is 10.6. The maximum Gasteiger partial charge on any atom is 0.251 e. The van der Waals surface area contributed by atoms with Gasteiger partial charge in [0.05, 0.1) is 0 Å². The molecular formula is C20H21ClN2O4. The molecule has 6 nitrogen and oxygen atoms in total. The number of hydrogen-bond donors (Lipinski definition) is 2. The van der Waals surface area contributed by atoms with Crippen molar-refractivity contribution >= 4 is 29.1 Å². The highest BCUT2D eigenvalue weighted by atomic mass is 35.5. The Morgan fingerprint density at radius 1 is 1.11 bits per heavy atom. The van der Waals surface area contributed by atoms with Crippen molar-refractivity contribution in [3.63, 3.8) is 0 Å². The van der Waals surface area contributed by atoms with E-state index in [-0.39, 0.29) is 24.5 Å². The topological polar surface area (TPSA) is 76.7 Å². The summed E-state index contributed by atoms with van der Waals surface area (Å²) in [5.41, 5.74) is 1.03. The number of hydrogen-bond acceptors (Lipinski definition) is 4. The molecule has 1 heterocycles. The molecule has 0 saturated carbocycles. The molecule has 0 radical (unpaired) electrons. The molecule has 0 fully saturated rings. The number of carbonyl (C=O) groups is 2. The molecule has 2 atom stereocenters. The molecule has 7 heteroatoms. The van der Waals surface area contributed by atoms with Gasteiger partial charge in [-0.2, -0.15) is 0 Å². The summed E-state index contributed by atoms with van der Waals surface area (Å²) in [5, 5.41) is 6.22. The Bertz CT molecular complexity index is 838. The molecular weight excluding hydrogens is 368 g/mol. The van der Waals surface area contributed by atoms with Crippen LogP contribution in [0.1, 0.15) is 30.6 Å².